The standard InChI is InChI=1S/C20H21N3OS2/c1-14-13-21-6-2-16(14)17-12-15-3-10-24-20(18(15)26-17)4-8-23(9-5-20)19-22-7-11-25-19/h2,6-7,11-13H,3-5,8-10H2,1H3. The fraction of sp³-hybridized carbons (Fsp3) is 0.400. The van der Waals surface area contributed by atoms with Crippen molar-refractivity contribution in [2.45, 2.75) is 31.8 Å². The van der Waals surface area contributed by atoms with Gasteiger partial charge in [-0.1, -0.05) is 0 Å². The topological polar surface area (TPSA) is 38.2 Å². The Morgan fingerprint density at radius 2 is 2.12 bits per heavy atom. The average Bonchev–Trinajstić information content (AvgIpc) is 3.33. The van der Waals surface area contributed by atoms with E-state index >= 15 is 0 Å². The Hall–Kier alpha value is -1.76. The van der Waals surface area contributed by atoms with Crippen molar-refractivity contribution < 1.29 is 4.74 Å². The van der Waals surface area contributed by atoms with Crippen molar-refractivity contribution in [3.63, 3.8) is 0 Å². The first-order valence-corrected chi connectivity index (χ1v) is 10.8. The molecule has 6 heteroatoms. The van der Waals surface area contributed by atoms with E-state index in [0.29, 0.717) is 0 Å². The predicted octanol–water partition coefficient (Wildman–Crippen LogP) is 4.64. The minimum atomic E-state index is -0.106. The Kier molecular flexibility index (Phi) is 4.07. The van der Waals surface area contributed by atoms with Gasteiger partial charge < -0.3 is 9.64 Å². The third-order valence-corrected chi connectivity index (χ3v) is 7.75. The van der Waals surface area contributed by atoms with Crippen LogP contribution in [-0.2, 0) is 16.8 Å². The van der Waals surface area contributed by atoms with Gasteiger partial charge in [0.25, 0.3) is 0 Å². The monoisotopic (exact) mass is 383 g/mol. The quantitative estimate of drug-likeness (QED) is 0.646. The summed E-state index contributed by atoms with van der Waals surface area (Å²) in [4.78, 5) is 13.9. The summed E-state index contributed by atoms with van der Waals surface area (Å²) in [6.07, 6.45) is 8.83. The van der Waals surface area contributed by atoms with Crippen LogP contribution in [0.3, 0.4) is 0 Å². The Bertz CT molecular complexity index is 911. The lowest BCUT2D eigenvalue weighted by molar-refractivity contribution is -0.0735. The number of aromatic nitrogens is 2. The van der Waals surface area contributed by atoms with E-state index in [-0.39, 0.29) is 5.60 Å². The van der Waals surface area contributed by atoms with E-state index in [1.165, 1.54) is 26.4 Å². The van der Waals surface area contributed by atoms with E-state index in [1.54, 1.807) is 11.3 Å². The zero-order valence-corrected chi connectivity index (χ0v) is 16.4. The zero-order chi connectivity index (χ0) is 17.6. The molecule has 0 atom stereocenters. The van der Waals surface area contributed by atoms with Crippen molar-refractivity contribution in [2.75, 3.05) is 24.6 Å². The van der Waals surface area contributed by atoms with Crippen molar-refractivity contribution in [1.29, 1.82) is 0 Å². The molecule has 4 nitrogen and oxygen atoms in total. The Balaban J connectivity index is 1.46. The summed E-state index contributed by atoms with van der Waals surface area (Å²) >= 11 is 3.65. The Morgan fingerprint density at radius 1 is 1.23 bits per heavy atom. The third-order valence-electron chi connectivity index (χ3n) is 5.52. The number of anilines is 1. The third kappa shape index (κ3) is 2.68. The number of piperidine rings is 1. The predicted molar refractivity (Wildman–Crippen MR) is 107 cm³/mol. The number of hydrogen-bond donors (Lipinski definition) is 0. The van der Waals surface area contributed by atoms with Crippen LogP contribution in [0.1, 0.15) is 28.8 Å². The van der Waals surface area contributed by atoms with Gasteiger partial charge in [-0.05, 0) is 55.0 Å². The first-order valence-electron chi connectivity index (χ1n) is 9.08. The van der Waals surface area contributed by atoms with E-state index in [1.807, 2.05) is 29.9 Å². The molecule has 5 rings (SSSR count). The van der Waals surface area contributed by atoms with E-state index in [4.69, 9.17) is 4.74 Å². The van der Waals surface area contributed by atoms with Crippen LogP contribution in [0.15, 0.2) is 36.1 Å². The van der Waals surface area contributed by atoms with Gasteiger partial charge in [0.1, 0.15) is 5.60 Å². The van der Waals surface area contributed by atoms with Crippen LogP contribution in [-0.4, -0.2) is 29.7 Å². The minimum Gasteiger partial charge on any atom is -0.369 e. The van der Waals surface area contributed by atoms with Crippen LogP contribution in [0.2, 0.25) is 0 Å². The van der Waals surface area contributed by atoms with Gasteiger partial charge in [0, 0.05) is 46.8 Å². The molecule has 2 aliphatic heterocycles. The number of pyridine rings is 1. The van der Waals surface area contributed by atoms with E-state index < -0.39 is 0 Å². The largest absolute Gasteiger partial charge is 0.369 e. The van der Waals surface area contributed by atoms with Gasteiger partial charge in [0.2, 0.25) is 0 Å². The molecule has 134 valence electrons. The van der Waals surface area contributed by atoms with Gasteiger partial charge in [-0.2, -0.15) is 0 Å². The van der Waals surface area contributed by atoms with Crippen LogP contribution >= 0.6 is 22.7 Å². The highest BCUT2D eigenvalue weighted by Gasteiger charge is 2.42. The van der Waals surface area contributed by atoms with Crippen molar-refractivity contribution in [2.24, 2.45) is 0 Å². The van der Waals surface area contributed by atoms with Crippen LogP contribution in [0.5, 0.6) is 0 Å². The summed E-state index contributed by atoms with van der Waals surface area (Å²) in [5.74, 6) is 0. The highest BCUT2D eigenvalue weighted by atomic mass is 32.1. The Morgan fingerprint density at radius 3 is 2.88 bits per heavy atom. The van der Waals surface area contributed by atoms with Crippen molar-refractivity contribution >= 4 is 27.8 Å². The fourth-order valence-electron chi connectivity index (χ4n) is 4.11. The van der Waals surface area contributed by atoms with Crippen molar-refractivity contribution in [3.8, 4) is 10.4 Å². The summed E-state index contributed by atoms with van der Waals surface area (Å²) < 4.78 is 6.43. The van der Waals surface area contributed by atoms with E-state index in [9.17, 15) is 0 Å². The van der Waals surface area contributed by atoms with Gasteiger partial charge >= 0.3 is 0 Å². The molecule has 2 aliphatic rings. The van der Waals surface area contributed by atoms with Crippen molar-refractivity contribution in [3.05, 3.63) is 52.1 Å². The lowest BCUT2D eigenvalue weighted by Gasteiger charge is -2.43. The highest BCUT2D eigenvalue weighted by Crippen LogP contribution is 2.48. The summed E-state index contributed by atoms with van der Waals surface area (Å²) in [6, 6.07) is 4.52. The number of aryl methyl sites for hydroxylation is 1. The van der Waals surface area contributed by atoms with Gasteiger partial charge in [-0.3, -0.25) is 4.98 Å². The lowest BCUT2D eigenvalue weighted by atomic mass is 9.85. The second-order valence-corrected chi connectivity index (χ2v) is 8.98. The number of nitrogens with zero attached hydrogens (tertiary/aromatic N) is 3. The maximum Gasteiger partial charge on any atom is 0.185 e. The molecular formula is C20H21N3OS2. The number of thiophene rings is 1. The van der Waals surface area contributed by atoms with Gasteiger partial charge in [-0.15, -0.1) is 22.7 Å². The normalized spacial score (nSPS) is 18.9. The zero-order valence-electron chi connectivity index (χ0n) is 14.8. The summed E-state index contributed by atoms with van der Waals surface area (Å²) in [5, 5.41) is 3.19. The van der Waals surface area contributed by atoms with Crippen LogP contribution in [0, 0.1) is 6.92 Å². The molecule has 3 aromatic rings. The molecule has 0 aromatic carbocycles. The molecular weight excluding hydrogens is 362 g/mol. The van der Waals surface area contributed by atoms with E-state index in [0.717, 1.165) is 44.1 Å². The number of fused-ring (bicyclic) bond motifs is 2. The summed E-state index contributed by atoms with van der Waals surface area (Å²) in [5.41, 5.74) is 3.91. The molecule has 0 unspecified atom stereocenters. The van der Waals surface area contributed by atoms with Crippen LogP contribution in [0.4, 0.5) is 5.13 Å². The number of thiazole rings is 1. The van der Waals surface area contributed by atoms with Crippen molar-refractivity contribution in [1.82, 2.24) is 9.97 Å². The number of ether oxygens (including phenoxy) is 1. The average molecular weight is 384 g/mol. The number of rotatable bonds is 2. The lowest BCUT2D eigenvalue weighted by Crippen LogP contribution is -2.46. The molecule has 0 radical (unpaired) electrons. The molecule has 0 bridgehead atoms. The van der Waals surface area contributed by atoms with Gasteiger partial charge in [0.05, 0.1) is 6.61 Å². The minimum absolute atomic E-state index is 0.106. The SMILES string of the molecule is Cc1cnccc1-c1cc2c(s1)C1(CCN(c3nccs3)CC1)OCC2. The molecule has 0 N–H and O–H groups in total. The van der Waals surface area contributed by atoms with Gasteiger partial charge in [-0.25, -0.2) is 4.98 Å². The first kappa shape index (κ1) is 16.4. The van der Waals surface area contributed by atoms with E-state index in [2.05, 4.69) is 39.3 Å². The van der Waals surface area contributed by atoms with Crippen LogP contribution in [0.25, 0.3) is 10.4 Å². The second kappa shape index (κ2) is 6.44. The smallest absolute Gasteiger partial charge is 0.185 e. The highest BCUT2D eigenvalue weighted by molar-refractivity contribution is 7.15. The second-order valence-electron chi connectivity index (χ2n) is 7.05. The molecule has 26 heavy (non-hydrogen) atoms. The maximum atomic E-state index is 6.43. The van der Waals surface area contributed by atoms with Crippen LogP contribution < -0.4 is 4.90 Å². The molecule has 3 aromatic heterocycles. The fourth-order valence-corrected chi connectivity index (χ4v) is 6.31. The summed E-state index contributed by atoms with van der Waals surface area (Å²) in [7, 11) is 0. The van der Waals surface area contributed by atoms with Gasteiger partial charge in [0.15, 0.2) is 5.13 Å². The summed E-state index contributed by atoms with van der Waals surface area (Å²) in [6.45, 7) is 4.98. The molecule has 0 aliphatic carbocycles. The molecule has 1 fully saturated rings. The Labute approximate surface area is 161 Å². The molecule has 1 spiro atoms. The number of hydrogen-bond acceptors (Lipinski definition) is 6. The molecule has 0 saturated carbocycles. The molecule has 1 saturated heterocycles. The first-order chi connectivity index (χ1) is 12.8. The molecule has 5 heterocycles. The molecule has 0 amide bonds. The maximum absolute atomic E-state index is 6.43.